The Labute approximate surface area is 111 Å². The van der Waals surface area contributed by atoms with Gasteiger partial charge in [-0.3, -0.25) is 0 Å². The molecular formula is C16H25NO. The number of nitrogens with one attached hydrogen (secondary N) is 1. The highest BCUT2D eigenvalue weighted by atomic mass is 16.5. The second-order valence-corrected chi connectivity index (χ2v) is 5.41. The molecule has 18 heavy (non-hydrogen) atoms. The molecule has 1 fully saturated rings. The Morgan fingerprint density at radius 1 is 1.17 bits per heavy atom. The molecule has 1 aliphatic heterocycles. The van der Waals surface area contributed by atoms with Crippen LogP contribution < -0.4 is 5.32 Å². The second-order valence-electron chi connectivity index (χ2n) is 5.41. The summed E-state index contributed by atoms with van der Waals surface area (Å²) in [7, 11) is 0. The van der Waals surface area contributed by atoms with Crippen LogP contribution in [0.5, 0.6) is 0 Å². The van der Waals surface area contributed by atoms with E-state index in [2.05, 4.69) is 44.3 Å². The fraction of sp³-hybridized carbons (Fsp3) is 0.625. The van der Waals surface area contributed by atoms with E-state index >= 15 is 0 Å². The van der Waals surface area contributed by atoms with Crippen molar-refractivity contribution in [1.29, 1.82) is 0 Å². The van der Waals surface area contributed by atoms with Crippen LogP contribution in [0.3, 0.4) is 0 Å². The van der Waals surface area contributed by atoms with Crippen LogP contribution in [0.25, 0.3) is 0 Å². The zero-order chi connectivity index (χ0) is 13.0. The minimum absolute atomic E-state index is 0.484. The smallest absolute Gasteiger partial charge is 0.0469 e. The second kappa shape index (κ2) is 6.35. The maximum absolute atomic E-state index is 5.48. The molecule has 1 atom stereocenters. The van der Waals surface area contributed by atoms with Gasteiger partial charge in [-0.05, 0) is 44.7 Å². The largest absolute Gasteiger partial charge is 0.381 e. The third-order valence-corrected chi connectivity index (χ3v) is 3.76. The van der Waals surface area contributed by atoms with E-state index in [0.29, 0.717) is 12.0 Å². The molecule has 2 heteroatoms. The quantitative estimate of drug-likeness (QED) is 0.880. The summed E-state index contributed by atoms with van der Waals surface area (Å²) in [5, 5.41) is 3.67. The van der Waals surface area contributed by atoms with Crippen LogP contribution in [0.1, 0.15) is 42.5 Å². The van der Waals surface area contributed by atoms with E-state index in [1.54, 1.807) is 0 Å². The van der Waals surface area contributed by atoms with Gasteiger partial charge in [-0.25, -0.2) is 0 Å². The number of benzene rings is 1. The van der Waals surface area contributed by atoms with Crippen molar-refractivity contribution < 1.29 is 4.74 Å². The van der Waals surface area contributed by atoms with Crippen molar-refractivity contribution in [3.05, 3.63) is 34.9 Å². The van der Waals surface area contributed by atoms with E-state index in [0.717, 1.165) is 19.8 Å². The normalized spacial score (nSPS) is 18.8. The zero-order valence-electron chi connectivity index (χ0n) is 11.8. The van der Waals surface area contributed by atoms with Crippen molar-refractivity contribution in [1.82, 2.24) is 5.32 Å². The van der Waals surface area contributed by atoms with E-state index in [1.807, 2.05) is 0 Å². The monoisotopic (exact) mass is 247 g/mol. The van der Waals surface area contributed by atoms with Gasteiger partial charge in [-0.2, -0.15) is 0 Å². The van der Waals surface area contributed by atoms with E-state index in [4.69, 9.17) is 4.74 Å². The Hall–Kier alpha value is -0.860. The molecule has 2 nitrogen and oxygen atoms in total. The van der Waals surface area contributed by atoms with Gasteiger partial charge in [0.25, 0.3) is 0 Å². The van der Waals surface area contributed by atoms with Crippen LogP contribution in [0.15, 0.2) is 18.2 Å². The minimum atomic E-state index is 0.484. The Balaban J connectivity index is 2.22. The number of rotatable bonds is 4. The lowest BCUT2D eigenvalue weighted by Gasteiger charge is -2.31. The molecule has 0 aromatic heterocycles. The average Bonchev–Trinajstić information content (AvgIpc) is 2.36. The fourth-order valence-corrected chi connectivity index (χ4v) is 3.02. The van der Waals surface area contributed by atoms with Crippen molar-refractivity contribution >= 4 is 0 Å². The van der Waals surface area contributed by atoms with E-state index < -0.39 is 0 Å². The van der Waals surface area contributed by atoms with E-state index in [1.165, 1.54) is 29.5 Å². The summed E-state index contributed by atoms with van der Waals surface area (Å²) in [5.41, 5.74) is 4.17. The molecule has 0 bridgehead atoms. The summed E-state index contributed by atoms with van der Waals surface area (Å²) < 4.78 is 5.48. The fourth-order valence-electron chi connectivity index (χ4n) is 3.02. The SMILES string of the molecule is CCNC(c1cc(C)cc(C)c1)C1CCOCC1. The van der Waals surface area contributed by atoms with Gasteiger partial charge in [0.15, 0.2) is 0 Å². The number of ether oxygens (including phenoxy) is 1. The molecule has 0 saturated carbocycles. The lowest BCUT2D eigenvalue weighted by molar-refractivity contribution is 0.0538. The topological polar surface area (TPSA) is 21.3 Å². The van der Waals surface area contributed by atoms with Gasteiger partial charge in [0.2, 0.25) is 0 Å². The van der Waals surface area contributed by atoms with Gasteiger partial charge in [-0.15, -0.1) is 0 Å². The van der Waals surface area contributed by atoms with Crippen LogP contribution in [0.2, 0.25) is 0 Å². The number of hydrogen-bond acceptors (Lipinski definition) is 2. The van der Waals surface area contributed by atoms with Crippen molar-refractivity contribution in [2.45, 2.75) is 39.7 Å². The highest BCUT2D eigenvalue weighted by Crippen LogP contribution is 2.31. The summed E-state index contributed by atoms with van der Waals surface area (Å²) in [6.07, 6.45) is 2.34. The van der Waals surface area contributed by atoms with Crippen LogP contribution in [0.4, 0.5) is 0 Å². The number of aryl methyl sites for hydroxylation is 2. The molecule has 1 aromatic rings. The van der Waals surface area contributed by atoms with Gasteiger partial charge < -0.3 is 10.1 Å². The highest BCUT2D eigenvalue weighted by molar-refractivity contribution is 5.31. The molecule has 1 aliphatic rings. The third-order valence-electron chi connectivity index (χ3n) is 3.76. The summed E-state index contributed by atoms with van der Waals surface area (Å²) in [4.78, 5) is 0. The number of hydrogen-bond donors (Lipinski definition) is 1. The predicted octanol–water partition coefficient (Wildman–Crippen LogP) is 3.38. The van der Waals surface area contributed by atoms with Crippen molar-refractivity contribution in [2.24, 2.45) is 5.92 Å². The first kappa shape index (κ1) is 13.6. The van der Waals surface area contributed by atoms with Crippen LogP contribution in [0, 0.1) is 19.8 Å². The first-order valence-corrected chi connectivity index (χ1v) is 7.10. The lowest BCUT2D eigenvalue weighted by atomic mass is 9.86. The van der Waals surface area contributed by atoms with Gasteiger partial charge in [0.05, 0.1) is 0 Å². The Bertz CT molecular complexity index is 362. The van der Waals surface area contributed by atoms with E-state index in [-0.39, 0.29) is 0 Å². The molecule has 1 unspecified atom stereocenters. The molecule has 100 valence electrons. The Kier molecular flexibility index (Phi) is 4.79. The molecule has 1 saturated heterocycles. The Morgan fingerprint density at radius 2 is 1.78 bits per heavy atom. The average molecular weight is 247 g/mol. The van der Waals surface area contributed by atoms with Crippen molar-refractivity contribution in [3.63, 3.8) is 0 Å². The molecule has 1 N–H and O–H groups in total. The molecule has 0 amide bonds. The summed E-state index contributed by atoms with van der Waals surface area (Å²) in [5.74, 6) is 0.708. The van der Waals surface area contributed by atoms with Crippen LogP contribution >= 0.6 is 0 Å². The lowest BCUT2D eigenvalue weighted by Crippen LogP contribution is -2.32. The van der Waals surface area contributed by atoms with Crippen LogP contribution in [-0.2, 0) is 4.74 Å². The first-order chi connectivity index (χ1) is 8.70. The summed E-state index contributed by atoms with van der Waals surface area (Å²) >= 11 is 0. The third kappa shape index (κ3) is 3.33. The van der Waals surface area contributed by atoms with Crippen molar-refractivity contribution in [2.75, 3.05) is 19.8 Å². The standard InChI is InChI=1S/C16H25NO/c1-4-17-16(14-5-7-18-8-6-14)15-10-12(2)9-13(3)11-15/h9-11,14,16-17H,4-8H2,1-3H3. The molecule has 1 aromatic carbocycles. The molecule has 0 radical (unpaired) electrons. The Morgan fingerprint density at radius 3 is 2.33 bits per heavy atom. The van der Waals surface area contributed by atoms with Crippen LogP contribution in [-0.4, -0.2) is 19.8 Å². The van der Waals surface area contributed by atoms with E-state index in [9.17, 15) is 0 Å². The molecular weight excluding hydrogens is 222 g/mol. The molecule has 0 aliphatic carbocycles. The molecule has 2 rings (SSSR count). The highest BCUT2D eigenvalue weighted by Gasteiger charge is 2.24. The maximum Gasteiger partial charge on any atom is 0.0469 e. The maximum atomic E-state index is 5.48. The van der Waals surface area contributed by atoms with Gasteiger partial charge in [0.1, 0.15) is 0 Å². The first-order valence-electron chi connectivity index (χ1n) is 7.10. The summed E-state index contributed by atoms with van der Waals surface area (Å²) in [6.45, 7) is 9.41. The predicted molar refractivity (Wildman–Crippen MR) is 75.9 cm³/mol. The zero-order valence-corrected chi connectivity index (χ0v) is 11.8. The minimum Gasteiger partial charge on any atom is -0.381 e. The van der Waals surface area contributed by atoms with Crippen molar-refractivity contribution in [3.8, 4) is 0 Å². The van der Waals surface area contributed by atoms with Gasteiger partial charge >= 0.3 is 0 Å². The summed E-state index contributed by atoms with van der Waals surface area (Å²) in [6, 6.07) is 7.39. The molecule has 0 spiro atoms. The van der Waals surface area contributed by atoms with Gasteiger partial charge in [0, 0.05) is 19.3 Å². The molecule has 1 heterocycles. The van der Waals surface area contributed by atoms with Gasteiger partial charge in [-0.1, -0.05) is 36.2 Å².